The van der Waals surface area contributed by atoms with E-state index in [-0.39, 0.29) is 6.10 Å². The second kappa shape index (κ2) is 6.05. The van der Waals surface area contributed by atoms with Gasteiger partial charge in [0.05, 0.1) is 19.3 Å². The molecule has 0 N–H and O–H groups in total. The molecule has 0 aliphatic carbocycles. The van der Waals surface area contributed by atoms with Crippen LogP contribution in [0.25, 0.3) is 0 Å². The van der Waals surface area contributed by atoms with Gasteiger partial charge in [-0.25, -0.2) is 9.59 Å². The van der Waals surface area contributed by atoms with Gasteiger partial charge in [-0.1, -0.05) is 6.08 Å². The van der Waals surface area contributed by atoms with Crippen molar-refractivity contribution in [3.05, 3.63) is 12.2 Å². The van der Waals surface area contributed by atoms with E-state index < -0.39 is 29.4 Å². The Bertz CT molecular complexity index is 436. The van der Waals surface area contributed by atoms with Gasteiger partial charge in [0.1, 0.15) is 11.3 Å². The maximum absolute atomic E-state index is 12.4. The molecule has 0 unspecified atom stereocenters. The highest BCUT2D eigenvalue weighted by Gasteiger charge is 2.48. The molecule has 0 aromatic heterocycles. The smallest absolute Gasteiger partial charge is 0.413 e. The van der Waals surface area contributed by atoms with Crippen molar-refractivity contribution in [2.24, 2.45) is 0 Å². The average molecular weight is 299 g/mol. The first-order valence-corrected chi connectivity index (χ1v) is 6.94. The van der Waals surface area contributed by atoms with Gasteiger partial charge in [-0.05, 0) is 41.5 Å². The molecular formula is C15H25NO5. The molecule has 6 heteroatoms. The van der Waals surface area contributed by atoms with Crippen LogP contribution in [0.4, 0.5) is 4.79 Å². The molecule has 120 valence electrons. The minimum absolute atomic E-state index is 0.256. The molecule has 1 amide bonds. The summed E-state index contributed by atoms with van der Waals surface area (Å²) >= 11 is 0. The number of carbonyl (C=O) groups is 2. The molecule has 1 heterocycles. The fourth-order valence-corrected chi connectivity index (χ4v) is 2.29. The number of ether oxygens (including phenoxy) is 3. The van der Waals surface area contributed by atoms with Crippen LogP contribution < -0.4 is 0 Å². The molecule has 0 saturated carbocycles. The van der Waals surface area contributed by atoms with E-state index in [1.807, 2.05) is 6.92 Å². The molecule has 0 aromatic rings. The SMILES string of the molecule is COC(=O)C=C[C@@H]1[C@@H](C)OC(C)(C)N1C(=O)OC(C)(C)C. The molecule has 1 saturated heterocycles. The van der Waals surface area contributed by atoms with E-state index in [0.29, 0.717) is 0 Å². The van der Waals surface area contributed by atoms with Crippen molar-refractivity contribution >= 4 is 12.1 Å². The Hall–Kier alpha value is -1.56. The lowest BCUT2D eigenvalue weighted by atomic mass is 10.1. The zero-order valence-corrected chi connectivity index (χ0v) is 13.8. The summed E-state index contributed by atoms with van der Waals surface area (Å²) < 4.78 is 15.8. The first kappa shape index (κ1) is 17.5. The topological polar surface area (TPSA) is 65.1 Å². The summed E-state index contributed by atoms with van der Waals surface area (Å²) in [5, 5.41) is 0. The molecule has 6 nitrogen and oxygen atoms in total. The van der Waals surface area contributed by atoms with E-state index in [4.69, 9.17) is 9.47 Å². The molecule has 0 spiro atoms. The van der Waals surface area contributed by atoms with Crippen LogP contribution in [0.2, 0.25) is 0 Å². The van der Waals surface area contributed by atoms with Gasteiger partial charge in [-0.2, -0.15) is 0 Å². The fraction of sp³-hybridized carbons (Fsp3) is 0.733. The highest BCUT2D eigenvalue weighted by molar-refractivity contribution is 5.82. The maximum atomic E-state index is 12.4. The standard InChI is InChI=1S/C15H25NO5/c1-10-11(8-9-12(17)19-7)16(15(5,6)20-10)13(18)21-14(2,3)4/h8-11H,1-7H3/t10-,11-/m1/s1. The van der Waals surface area contributed by atoms with Gasteiger partial charge in [0, 0.05) is 6.08 Å². The minimum atomic E-state index is -0.813. The lowest BCUT2D eigenvalue weighted by Crippen LogP contribution is -2.49. The Kier molecular flexibility index (Phi) is 5.04. The Morgan fingerprint density at radius 3 is 2.33 bits per heavy atom. The number of methoxy groups -OCH3 is 1. The second-order valence-electron chi connectivity index (χ2n) is 6.49. The van der Waals surface area contributed by atoms with Crippen LogP contribution in [-0.2, 0) is 19.0 Å². The third-order valence-electron chi connectivity index (χ3n) is 3.05. The van der Waals surface area contributed by atoms with Crippen LogP contribution in [0, 0.1) is 0 Å². The van der Waals surface area contributed by atoms with Crippen molar-refractivity contribution < 1.29 is 23.8 Å². The van der Waals surface area contributed by atoms with Gasteiger partial charge >= 0.3 is 12.1 Å². The summed E-state index contributed by atoms with van der Waals surface area (Å²) in [6.45, 7) is 10.8. The van der Waals surface area contributed by atoms with E-state index >= 15 is 0 Å². The molecule has 0 bridgehead atoms. The quantitative estimate of drug-likeness (QED) is 0.579. The van der Waals surface area contributed by atoms with Crippen molar-refractivity contribution in [1.82, 2.24) is 4.90 Å². The van der Waals surface area contributed by atoms with Crippen LogP contribution >= 0.6 is 0 Å². The molecule has 21 heavy (non-hydrogen) atoms. The van der Waals surface area contributed by atoms with E-state index in [1.54, 1.807) is 40.7 Å². The number of esters is 1. The zero-order valence-electron chi connectivity index (χ0n) is 13.8. The third kappa shape index (κ3) is 4.46. The molecule has 0 aromatic carbocycles. The van der Waals surface area contributed by atoms with E-state index in [9.17, 15) is 9.59 Å². The largest absolute Gasteiger partial charge is 0.466 e. The molecule has 1 aliphatic rings. The number of hydrogen-bond donors (Lipinski definition) is 0. The number of hydrogen-bond acceptors (Lipinski definition) is 5. The molecule has 0 radical (unpaired) electrons. The minimum Gasteiger partial charge on any atom is -0.466 e. The van der Waals surface area contributed by atoms with Crippen molar-refractivity contribution in [3.8, 4) is 0 Å². The maximum Gasteiger partial charge on any atom is 0.413 e. The van der Waals surface area contributed by atoms with Gasteiger partial charge in [-0.15, -0.1) is 0 Å². The molecule has 1 aliphatic heterocycles. The monoisotopic (exact) mass is 299 g/mol. The summed E-state index contributed by atoms with van der Waals surface area (Å²) in [5.74, 6) is -0.476. The third-order valence-corrected chi connectivity index (χ3v) is 3.05. The zero-order chi connectivity index (χ0) is 16.4. The Morgan fingerprint density at radius 1 is 1.29 bits per heavy atom. The van der Waals surface area contributed by atoms with Crippen molar-refractivity contribution in [1.29, 1.82) is 0 Å². The molecule has 2 atom stereocenters. The van der Waals surface area contributed by atoms with Crippen molar-refractivity contribution in [3.63, 3.8) is 0 Å². The molecule has 1 fully saturated rings. The van der Waals surface area contributed by atoms with E-state index in [1.165, 1.54) is 18.1 Å². The van der Waals surface area contributed by atoms with Gasteiger partial charge in [0.15, 0.2) is 0 Å². The predicted molar refractivity (Wildman–Crippen MR) is 77.6 cm³/mol. The van der Waals surface area contributed by atoms with Gasteiger partial charge in [0.2, 0.25) is 0 Å². The summed E-state index contributed by atoms with van der Waals surface area (Å²) in [4.78, 5) is 25.2. The van der Waals surface area contributed by atoms with Crippen LogP contribution in [0.15, 0.2) is 12.2 Å². The number of amides is 1. The summed E-state index contributed by atoms with van der Waals surface area (Å²) in [7, 11) is 1.30. The summed E-state index contributed by atoms with van der Waals surface area (Å²) in [6.07, 6.45) is 2.17. The lowest BCUT2D eigenvalue weighted by molar-refractivity contribution is -0.134. The number of rotatable bonds is 2. The highest BCUT2D eigenvalue weighted by Crippen LogP contribution is 2.34. The highest BCUT2D eigenvalue weighted by atomic mass is 16.6. The Labute approximate surface area is 126 Å². The van der Waals surface area contributed by atoms with Gasteiger partial charge in [-0.3, -0.25) is 4.90 Å². The van der Waals surface area contributed by atoms with Crippen molar-refractivity contribution in [2.45, 2.75) is 65.0 Å². The number of nitrogens with zero attached hydrogens (tertiary/aromatic N) is 1. The van der Waals surface area contributed by atoms with Crippen LogP contribution in [0.3, 0.4) is 0 Å². The number of carbonyl (C=O) groups excluding carboxylic acids is 2. The van der Waals surface area contributed by atoms with Gasteiger partial charge < -0.3 is 14.2 Å². The van der Waals surface area contributed by atoms with Gasteiger partial charge in [0.25, 0.3) is 0 Å². The van der Waals surface area contributed by atoms with Crippen LogP contribution in [-0.4, -0.2) is 47.5 Å². The van der Waals surface area contributed by atoms with E-state index in [2.05, 4.69) is 4.74 Å². The fourth-order valence-electron chi connectivity index (χ4n) is 2.29. The second-order valence-corrected chi connectivity index (χ2v) is 6.49. The van der Waals surface area contributed by atoms with Crippen LogP contribution in [0.5, 0.6) is 0 Å². The van der Waals surface area contributed by atoms with Crippen molar-refractivity contribution in [2.75, 3.05) is 7.11 Å². The summed E-state index contributed by atoms with van der Waals surface area (Å²) in [6, 6.07) is -0.394. The first-order chi connectivity index (χ1) is 9.48. The average Bonchev–Trinajstić information content (AvgIpc) is 2.52. The molecule has 1 rings (SSSR count). The normalized spacial score (nSPS) is 25.2. The summed E-state index contributed by atoms with van der Waals surface area (Å²) in [5.41, 5.74) is -1.41. The predicted octanol–water partition coefficient (Wildman–Crippen LogP) is 2.48. The Balaban J connectivity index is 3.01. The lowest BCUT2D eigenvalue weighted by Gasteiger charge is -2.34. The van der Waals surface area contributed by atoms with E-state index in [0.717, 1.165) is 0 Å². The van der Waals surface area contributed by atoms with Crippen LogP contribution in [0.1, 0.15) is 41.5 Å². The molecular weight excluding hydrogens is 274 g/mol. The first-order valence-electron chi connectivity index (χ1n) is 6.94. The Morgan fingerprint density at radius 2 is 1.86 bits per heavy atom.